The van der Waals surface area contributed by atoms with E-state index in [-0.39, 0.29) is 0 Å². The minimum absolute atomic E-state index is 0.599. The quantitative estimate of drug-likeness (QED) is 0.899. The number of fused-ring (bicyclic) bond motifs is 1. The van der Waals surface area contributed by atoms with Gasteiger partial charge in [-0.1, -0.05) is 0 Å². The lowest BCUT2D eigenvalue weighted by Crippen LogP contribution is -2.26. The Morgan fingerprint density at radius 2 is 2.35 bits per heavy atom. The molecule has 0 aromatic carbocycles. The third-order valence-corrected chi connectivity index (χ3v) is 3.54. The number of imidazole rings is 1. The molecule has 6 heteroatoms. The first-order chi connectivity index (χ1) is 9.85. The summed E-state index contributed by atoms with van der Waals surface area (Å²) in [4.78, 5) is 12.6. The molecule has 2 aromatic heterocycles. The number of anilines is 1. The van der Waals surface area contributed by atoms with E-state index in [1.807, 2.05) is 19.2 Å². The molecule has 0 aliphatic carbocycles. The van der Waals surface area contributed by atoms with Crippen LogP contribution in [0.25, 0.3) is 0 Å². The van der Waals surface area contributed by atoms with Crippen LogP contribution in [0.4, 0.5) is 5.82 Å². The summed E-state index contributed by atoms with van der Waals surface area (Å²) in [5, 5.41) is 3.37. The average Bonchev–Trinajstić information content (AvgIpc) is 2.93. The molecule has 0 amide bonds. The van der Waals surface area contributed by atoms with E-state index in [0.717, 1.165) is 31.7 Å². The Balaban J connectivity index is 1.56. The fraction of sp³-hybridized carbons (Fsp3) is 0.500. The van der Waals surface area contributed by atoms with Gasteiger partial charge in [-0.2, -0.15) is 0 Å². The van der Waals surface area contributed by atoms with Gasteiger partial charge in [-0.05, 0) is 19.3 Å². The normalized spacial score (nSPS) is 17.6. The van der Waals surface area contributed by atoms with Crippen molar-refractivity contribution in [3.63, 3.8) is 0 Å². The summed E-state index contributed by atoms with van der Waals surface area (Å²) in [5.41, 5.74) is 0. The standard InChI is InChI=1S/C14H19N5O/c1-2-20-14-7-12(17-10-18-14)16-8-11-3-4-13-15-5-6-19(13)9-11/h5-7,10-11H,2-4,8-9H2,1H3,(H,16,17,18). The van der Waals surface area contributed by atoms with Gasteiger partial charge in [-0.25, -0.2) is 15.0 Å². The van der Waals surface area contributed by atoms with Crippen LogP contribution in [0, 0.1) is 5.92 Å². The van der Waals surface area contributed by atoms with E-state index in [9.17, 15) is 0 Å². The van der Waals surface area contributed by atoms with Gasteiger partial charge in [0.15, 0.2) is 0 Å². The molecule has 1 aliphatic heterocycles. The Kier molecular flexibility index (Phi) is 3.80. The SMILES string of the molecule is CCOc1cc(NCC2CCc3nccn3C2)ncn1. The molecule has 1 unspecified atom stereocenters. The van der Waals surface area contributed by atoms with Crippen molar-refractivity contribution in [1.29, 1.82) is 0 Å². The minimum Gasteiger partial charge on any atom is -0.478 e. The van der Waals surface area contributed by atoms with E-state index in [1.165, 1.54) is 12.2 Å². The van der Waals surface area contributed by atoms with Crippen LogP contribution in [0.2, 0.25) is 0 Å². The summed E-state index contributed by atoms with van der Waals surface area (Å²) in [6.07, 6.45) is 7.67. The van der Waals surface area contributed by atoms with Crippen LogP contribution < -0.4 is 10.1 Å². The fourth-order valence-electron chi connectivity index (χ4n) is 2.52. The smallest absolute Gasteiger partial charge is 0.218 e. The molecular weight excluding hydrogens is 254 g/mol. The zero-order valence-electron chi connectivity index (χ0n) is 11.6. The maximum atomic E-state index is 5.37. The molecule has 0 saturated carbocycles. The Morgan fingerprint density at radius 3 is 3.25 bits per heavy atom. The van der Waals surface area contributed by atoms with Crippen molar-refractivity contribution in [3.8, 4) is 5.88 Å². The Hall–Kier alpha value is -2.11. The summed E-state index contributed by atoms with van der Waals surface area (Å²) in [6.45, 7) is 4.48. The molecular formula is C14H19N5O. The van der Waals surface area contributed by atoms with Crippen molar-refractivity contribution in [3.05, 3.63) is 30.6 Å². The van der Waals surface area contributed by atoms with Gasteiger partial charge in [0.1, 0.15) is 18.0 Å². The summed E-state index contributed by atoms with van der Waals surface area (Å²) < 4.78 is 7.61. The highest BCUT2D eigenvalue weighted by molar-refractivity contribution is 5.37. The molecule has 0 radical (unpaired) electrons. The van der Waals surface area contributed by atoms with E-state index >= 15 is 0 Å². The first kappa shape index (κ1) is 12.9. The second-order valence-corrected chi connectivity index (χ2v) is 4.96. The monoisotopic (exact) mass is 273 g/mol. The summed E-state index contributed by atoms with van der Waals surface area (Å²) in [6, 6.07) is 1.84. The highest BCUT2D eigenvalue weighted by Gasteiger charge is 2.18. The van der Waals surface area contributed by atoms with Gasteiger partial charge in [-0.3, -0.25) is 0 Å². The number of hydrogen-bond donors (Lipinski definition) is 1. The van der Waals surface area contributed by atoms with Crippen LogP contribution in [-0.2, 0) is 13.0 Å². The lowest BCUT2D eigenvalue weighted by atomic mass is 9.99. The second kappa shape index (κ2) is 5.90. The zero-order valence-corrected chi connectivity index (χ0v) is 11.6. The lowest BCUT2D eigenvalue weighted by molar-refractivity contribution is 0.326. The van der Waals surface area contributed by atoms with Crippen molar-refractivity contribution in [2.75, 3.05) is 18.5 Å². The third-order valence-electron chi connectivity index (χ3n) is 3.54. The first-order valence-corrected chi connectivity index (χ1v) is 7.04. The van der Waals surface area contributed by atoms with E-state index in [1.54, 1.807) is 0 Å². The Labute approximate surface area is 118 Å². The Bertz CT molecular complexity index is 568. The second-order valence-electron chi connectivity index (χ2n) is 4.96. The van der Waals surface area contributed by atoms with Gasteiger partial charge in [0.2, 0.25) is 5.88 Å². The van der Waals surface area contributed by atoms with Gasteiger partial charge in [0.25, 0.3) is 0 Å². The number of aryl methyl sites for hydroxylation is 1. The fourth-order valence-corrected chi connectivity index (χ4v) is 2.52. The number of rotatable bonds is 5. The van der Waals surface area contributed by atoms with E-state index in [2.05, 4.69) is 31.0 Å². The largest absolute Gasteiger partial charge is 0.478 e. The predicted molar refractivity (Wildman–Crippen MR) is 75.7 cm³/mol. The van der Waals surface area contributed by atoms with E-state index in [4.69, 9.17) is 4.74 Å². The predicted octanol–water partition coefficient (Wildman–Crippen LogP) is 1.75. The Morgan fingerprint density at radius 1 is 1.40 bits per heavy atom. The van der Waals surface area contributed by atoms with Crippen LogP contribution in [0.3, 0.4) is 0 Å². The summed E-state index contributed by atoms with van der Waals surface area (Å²) in [7, 11) is 0. The number of aromatic nitrogens is 4. The number of hydrogen-bond acceptors (Lipinski definition) is 5. The van der Waals surface area contributed by atoms with Crippen LogP contribution in [0.15, 0.2) is 24.8 Å². The molecule has 106 valence electrons. The van der Waals surface area contributed by atoms with Crippen LogP contribution in [-0.4, -0.2) is 32.7 Å². The molecule has 1 aliphatic rings. The maximum Gasteiger partial charge on any atom is 0.218 e. The van der Waals surface area contributed by atoms with Gasteiger partial charge >= 0.3 is 0 Å². The van der Waals surface area contributed by atoms with E-state index < -0.39 is 0 Å². The van der Waals surface area contributed by atoms with Gasteiger partial charge < -0.3 is 14.6 Å². The van der Waals surface area contributed by atoms with Crippen LogP contribution >= 0.6 is 0 Å². The number of nitrogens with zero attached hydrogens (tertiary/aromatic N) is 4. The molecule has 0 fully saturated rings. The first-order valence-electron chi connectivity index (χ1n) is 7.04. The zero-order chi connectivity index (χ0) is 13.8. The van der Waals surface area contributed by atoms with Gasteiger partial charge in [0.05, 0.1) is 6.61 Å². The van der Waals surface area contributed by atoms with Gasteiger partial charge in [-0.15, -0.1) is 0 Å². The van der Waals surface area contributed by atoms with Crippen molar-refractivity contribution >= 4 is 5.82 Å². The molecule has 3 heterocycles. The highest BCUT2D eigenvalue weighted by Crippen LogP contribution is 2.19. The van der Waals surface area contributed by atoms with Crippen molar-refractivity contribution in [2.45, 2.75) is 26.3 Å². The molecule has 0 spiro atoms. The van der Waals surface area contributed by atoms with Crippen molar-refractivity contribution < 1.29 is 4.74 Å². The molecule has 2 aromatic rings. The van der Waals surface area contributed by atoms with Gasteiger partial charge in [0, 0.05) is 38.0 Å². The molecule has 3 rings (SSSR count). The van der Waals surface area contributed by atoms with Crippen molar-refractivity contribution in [1.82, 2.24) is 19.5 Å². The highest BCUT2D eigenvalue weighted by atomic mass is 16.5. The third kappa shape index (κ3) is 2.89. The van der Waals surface area contributed by atoms with Crippen LogP contribution in [0.1, 0.15) is 19.2 Å². The topological polar surface area (TPSA) is 64.9 Å². The van der Waals surface area contributed by atoms with E-state index in [0.29, 0.717) is 18.4 Å². The number of ether oxygens (including phenoxy) is 1. The molecule has 6 nitrogen and oxygen atoms in total. The van der Waals surface area contributed by atoms with Crippen LogP contribution in [0.5, 0.6) is 5.88 Å². The molecule has 0 bridgehead atoms. The summed E-state index contributed by atoms with van der Waals surface area (Å²) in [5.74, 6) is 3.23. The lowest BCUT2D eigenvalue weighted by Gasteiger charge is -2.24. The van der Waals surface area contributed by atoms with Crippen molar-refractivity contribution in [2.24, 2.45) is 5.92 Å². The number of nitrogens with one attached hydrogen (secondary N) is 1. The molecule has 1 atom stereocenters. The molecule has 0 saturated heterocycles. The molecule has 20 heavy (non-hydrogen) atoms. The maximum absolute atomic E-state index is 5.37. The average molecular weight is 273 g/mol. The summed E-state index contributed by atoms with van der Waals surface area (Å²) >= 11 is 0. The molecule has 1 N–H and O–H groups in total. The minimum atomic E-state index is 0.599.